The van der Waals surface area contributed by atoms with Gasteiger partial charge in [-0.25, -0.2) is 0 Å². The van der Waals surface area contributed by atoms with Crippen molar-refractivity contribution in [1.82, 2.24) is 0 Å². The van der Waals surface area contributed by atoms with Crippen LogP contribution in [0.2, 0.25) is 5.02 Å². The quantitative estimate of drug-likeness (QED) is 0.870. The molecule has 2 N–H and O–H groups in total. The lowest BCUT2D eigenvalue weighted by atomic mass is 10.1. The SMILES string of the molecule is CN(Cc1ccccc1Cl)c1ccc(C#N)c(N)c1. The Labute approximate surface area is 117 Å². The van der Waals surface area contributed by atoms with E-state index in [9.17, 15) is 0 Å². The number of nitrogen functional groups attached to an aromatic ring is 1. The molecule has 0 amide bonds. The maximum atomic E-state index is 8.86. The number of anilines is 2. The van der Waals surface area contributed by atoms with Crippen LogP contribution in [0.3, 0.4) is 0 Å². The number of rotatable bonds is 3. The van der Waals surface area contributed by atoms with Crippen molar-refractivity contribution in [2.45, 2.75) is 6.54 Å². The van der Waals surface area contributed by atoms with E-state index < -0.39 is 0 Å². The van der Waals surface area contributed by atoms with Crippen molar-refractivity contribution >= 4 is 23.0 Å². The summed E-state index contributed by atoms with van der Waals surface area (Å²) in [5.41, 5.74) is 8.81. The topological polar surface area (TPSA) is 53.0 Å². The lowest BCUT2D eigenvalue weighted by Crippen LogP contribution is -2.16. The molecule has 4 heteroatoms. The first-order valence-electron chi connectivity index (χ1n) is 5.86. The van der Waals surface area contributed by atoms with Gasteiger partial charge in [0.1, 0.15) is 6.07 Å². The molecule has 0 aliphatic heterocycles. The van der Waals surface area contributed by atoms with Gasteiger partial charge in [0.05, 0.1) is 11.3 Å². The first kappa shape index (κ1) is 13.3. The summed E-state index contributed by atoms with van der Waals surface area (Å²) in [7, 11) is 1.96. The Hall–Kier alpha value is -2.18. The fourth-order valence-corrected chi connectivity index (χ4v) is 2.06. The standard InChI is InChI=1S/C15H14ClN3/c1-19(10-12-4-2-3-5-14(12)16)13-7-6-11(9-17)15(18)8-13/h2-8H,10,18H2,1H3. The number of halogens is 1. The molecule has 19 heavy (non-hydrogen) atoms. The molecule has 0 heterocycles. The van der Waals surface area contributed by atoms with Crippen LogP contribution >= 0.6 is 11.6 Å². The van der Waals surface area contributed by atoms with Gasteiger partial charge in [-0.15, -0.1) is 0 Å². The van der Waals surface area contributed by atoms with Crippen LogP contribution in [0, 0.1) is 11.3 Å². The van der Waals surface area contributed by atoms with E-state index in [0.717, 1.165) is 16.3 Å². The third-order valence-corrected chi connectivity index (χ3v) is 3.33. The van der Waals surface area contributed by atoms with Gasteiger partial charge in [-0.05, 0) is 29.8 Å². The predicted octanol–water partition coefficient (Wildman–Crippen LogP) is 3.43. The summed E-state index contributed by atoms with van der Waals surface area (Å²) in [4.78, 5) is 2.04. The first-order chi connectivity index (χ1) is 9.11. The minimum atomic E-state index is 0.492. The van der Waals surface area contributed by atoms with E-state index in [4.69, 9.17) is 22.6 Å². The number of nitrogens with zero attached hydrogens (tertiary/aromatic N) is 2. The molecule has 0 aliphatic carbocycles. The van der Waals surface area contributed by atoms with Crippen LogP contribution in [0.15, 0.2) is 42.5 Å². The maximum absolute atomic E-state index is 8.86. The van der Waals surface area contributed by atoms with Gasteiger partial charge < -0.3 is 10.6 Å². The fraction of sp³-hybridized carbons (Fsp3) is 0.133. The van der Waals surface area contributed by atoms with Gasteiger partial charge >= 0.3 is 0 Å². The number of hydrogen-bond acceptors (Lipinski definition) is 3. The Morgan fingerprint density at radius 2 is 2.00 bits per heavy atom. The molecule has 2 rings (SSSR count). The maximum Gasteiger partial charge on any atom is 0.101 e. The van der Waals surface area contributed by atoms with E-state index in [-0.39, 0.29) is 0 Å². The molecule has 2 aromatic carbocycles. The molecule has 0 unspecified atom stereocenters. The first-order valence-corrected chi connectivity index (χ1v) is 6.24. The summed E-state index contributed by atoms with van der Waals surface area (Å²) in [6.07, 6.45) is 0. The average molecular weight is 272 g/mol. The van der Waals surface area contributed by atoms with Crippen LogP contribution in [-0.2, 0) is 6.54 Å². The van der Waals surface area contributed by atoms with Crippen LogP contribution < -0.4 is 10.6 Å². The van der Waals surface area contributed by atoms with Gasteiger partial charge in [-0.2, -0.15) is 5.26 Å². The van der Waals surface area contributed by atoms with Crippen molar-refractivity contribution in [3.05, 3.63) is 58.6 Å². The highest BCUT2D eigenvalue weighted by molar-refractivity contribution is 6.31. The van der Waals surface area contributed by atoms with E-state index in [1.807, 2.05) is 42.3 Å². The predicted molar refractivity (Wildman–Crippen MR) is 79.1 cm³/mol. The minimum absolute atomic E-state index is 0.492. The molecule has 0 saturated carbocycles. The molecule has 0 atom stereocenters. The van der Waals surface area contributed by atoms with Crippen molar-refractivity contribution in [3.8, 4) is 6.07 Å². The summed E-state index contributed by atoms with van der Waals surface area (Å²) in [6.45, 7) is 0.686. The van der Waals surface area contributed by atoms with Gasteiger partial charge in [0.2, 0.25) is 0 Å². The second kappa shape index (κ2) is 5.64. The second-order valence-corrected chi connectivity index (χ2v) is 4.74. The Morgan fingerprint density at radius 1 is 1.26 bits per heavy atom. The molecule has 0 aromatic heterocycles. The lowest BCUT2D eigenvalue weighted by Gasteiger charge is -2.20. The number of hydrogen-bond donors (Lipinski definition) is 1. The van der Waals surface area contributed by atoms with Gasteiger partial charge in [-0.3, -0.25) is 0 Å². The zero-order valence-electron chi connectivity index (χ0n) is 10.6. The van der Waals surface area contributed by atoms with Crippen molar-refractivity contribution in [2.24, 2.45) is 0 Å². The Balaban J connectivity index is 2.21. The third kappa shape index (κ3) is 2.98. The Bertz CT molecular complexity index is 632. The van der Waals surface area contributed by atoms with Crippen LogP contribution in [0.5, 0.6) is 0 Å². The third-order valence-electron chi connectivity index (χ3n) is 2.96. The summed E-state index contributed by atoms with van der Waals surface area (Å²) >= 11 is 6.14. The Morgan fingerprint density at radius 3 is 2.63 bits per heavy atom. The van der Waals surface area contributed by atoms with E-state index in [1.165, 1.54) is 0 Å². The zero-order valence-corrected chi connectivity index (χ0v) is 11.4. The highest BCUT2D eigenvalue weighted by atomic mass is 35.5. The zero-order chi connectivity index (χ0) is 13.8. The summed E-state index contributed by atoms with van der Waals surface area (Å²) in [5, 5.41) is 9.60. The molecule has 0 radical (unpaired) electrons. The van der Waals surface area contributed by atoms with E-state index in [0.29, 0.717) is 17.8 Å². The van der Waals surface area contributed by atoms with Crippen molar-refractivity contribution < 1.29 is 0 Å². The molecule has 0 spiro atoms. The summed E-state index contributed by atoms with van der Waals surface area (Å²) in [6, 6.07) is 15.2. The number of benzene rings is 2. The molecule has 96 valence electrons. The fourth-order valence-electron chi connectivity index (χ4n) is 1.86. The summed E-state index contributed by atoms with van der Waals surface area (Å²) < 4.78 is 0. The van der Waals surface area contributed by atoms with Crippen LogP contribution in [0.25, 0.3) is 0 Å². The molecule has 0 fully saturated rings. The monoisotopic (exact) mass is 271 g/mol. The lowest BCUT2D eigenvalue weighted by molar-refractivity contribution is 0.923. The molecule has 2 aromatic rings. The Kier molecular flexibility index (Phi) is 3.94. The average Bonchev–Trinajstić information content (AvgIpc) is 2.41. The highest BCUT2D eigenvalue weighted by Crippen LogP contribution is 2.23. The largest absolute Gasteiger partial charge is 0.398 e. The molecular weight excluding hydrogens is 258 g/mol. The molecule has 0 saturated heterocycles. The highest BCUT2D eigenvalue weighted by Gasteiger charge is 2.07. The van der Waals surface area contributed by atoms with Gasteiger partial charge in [0.15, 0.2) is 0 Å². The van der Waals surface area contributed by atoms with Crippen molar-refractivity contribution in [2.75, 3.05) is 17.7 Å². The van der Waals surface area contributed by atoms with E-state index in [2.05, 4.69) is 6.07 Å². The minimum Gasteiger partial charge on any atom is -0.398 e. The van der Waals surface area contributed by atoms with Crippen LogP contribution in [0.4, 0.5) is 11.4 Å². The summed E-state index contributed by atoms with van der Waals surface area (Å²) in [5.74, 6) is 0. The smallest absolute Gasteiger partial charge is 0.101 e. The van der Waals surface area contributed by atoms with Crippen molar-refractivity contribution in [1.29, 1.82) is 5.26 Å². The van der Waals surface area contributed by atoms with E-state index >= 15 is 0 Å². The number of nitrogens with two attached hydrogens (primary N) is 1. The van der Waals surface area contributed by atoms with Gasteiger partial charge in [0, 0.05) is 24.3 Å². The number of nitriles is 1. The van der Waals surface area contributed by atoms with E-state index in [1.54, 1.807) is 12.1 Å². The molecule has 0 bridgehead atoms. The molecular formula is C15H14ClN3. The van der Waals surface area contributed by atoms with Gasteiger partial charge in [-0.1, -0.05) is 29.8 Å². The normalized spacial score (nSPS) is 9.95. The van der Waals surface area contributed by atoms with Crippen LogP contribution in [-0.4, -0.2) is 7.05 Å². The van der Waals surface area contributed by atoms with Crippen LogP contribution in [0.1, 0.15) is 11.1 Å². The molecule has 0 aliphatic rings. The molecule has 3 nitrogen and oxygen atoms in total. The van der Waals surface area contributed by atoms with Gasteiger partial charge in [0.25, 0.3) is 0 Å². The van der Waals surface area contributed by atoms with Crippen molar-refractivity contribution in [3.63, 3.8) is 0 Å². The second-order valence-electron chi connectivity index (χ2n) is 4.33.